The molecule has 1 amide bonds. The number of hydrogen-bond donors (Lipinski definition) is 1. The zero-order valence-corrected chi connectivity index (χ0v) is 14.5. The van der Waals surface area contributed by atoms with Crippen LogP contribution in [0.1, 0.15) is 31.4 Å². The lowest BCUT2D eigenvalue weighted by atomic mass is 9.84. The predicted molar refractivity (Wildman–Crippen MR) is 94.5 cm³/mol. The molecule has 1 fully saturated rings. The average Bonchev–Trinajstić information content (AvgIpc) is 3.03. The number of nitrogens with one attached hydrogen (secondary N) is 1. The van der Waals surface area contributed by atoms with Crippen molar-refractivity contribution < 1.29 is 9.18 Å². The van der Waals surface area contributed by atoms with Gasteiger partial charge < -0.3 is 10.2 Å². The average molecular weight is 329 g/mol. The van der Waals surface area contributed by atoms with Crippen LogP contribution in [-0.2, 0) is 4.79 Å². The molecule has 5 heteroatoms. The normalized spacial score (nSPS) is 16.3. The number of benzene rings is 1. The van der Waals surface area contributed by atoms with Crippen LogP contribution in [0.25, 0.3) is 10.9 Å². The molecule has 0 aliphatic heterocycles. The van der Waals surface area contributed by atoms with E-state index in [-0.39, 0.29) is 17.1 Å². The molecule has 1 heterocycles. The second-order valence-electron chi connectivity index (χ2n) is 6.99. The Labute approximate surface area is 142 Å². The van der Waals surface area contributed by atoms with Crippen molar-refractivity contribution in [1.82, 2.24) is 9.88 Å². The molecule has 24 heavy (non-hydrogen) atoms. The Hall–Kier alpha value is -2.17. The first-order chi connectivity index (χ1) is 11.4. The lowest BCUT2D eigenvalue weighted by Gasteiger charge is -2.31. The highest BCUT2D eigenvalue weighted by Crippen LogP contribution is 2.40. The summed E-state index contributed by atoms with van der Waals surface area (Å²) >= 11 is 0. The van der Waals surface area contributed by atoms with Gasteiger partial charge in [0, 0.05) is 37.4 Å². The predicted octanol–water partition coefficient (Wildman–Crippen LogP) is 3.74. The molecule has 0 radical (unpaired) electrons. The van der Waals surface area contributed by atoms with Gasteiger partial charge in [0.25, 0.3) is 0 Å². The van der Waals surface area contributed by atoms with Gasteiger partial charge in [0.15, 0.2) is 0 Å². The quantitative estimate of drug-likeness (QED) is 0.929. The molecular formula is C19H24FN3O. The smallest absolute Gasteiger partial charge is 0.230 e. The second kappa shape index (κ2) is 6.38. The van der Waals surface area contributed by atoms with Gasteiger partial charge in [-0.15, -0.1) is 0 Å². The Morgan fingerprint density at radius 1 is 1.33 bits per heavy atom. The summed E-state index contributed by atoms with van der Waals surface area (Å²) in [6.45, 7) is 2.42. The molecule has 1 aromatic heterocycles. The van der Waals surface area contributed by atoms with Crippen LogP contribution in [-0.4, -0.2) is 36.4 Å². The van der Waals surface area contributed by atoms with Crippen molar-refractivity contribution in [3.63, 3.8) is 0 Å². The van der Waals surface area contributed by atoms with Gasteiger partial charge in [-0.3, -0.25) is 4.79 Å². The summed E-state index contributed by atoms with van der Waals surface area (Å²) in [4.78, 5) is 18.7. The molecule has 0 bridgehead atoms. The summed E-state index contributed by atoms with van der Waals surface area (Å²) in [6, 6.07) is 6.90. The van der Waals surface area contributed by atoms with E-state index < -0.39 is 0 Å². The van der Waals surface area contributed by atoms with Crippen LogP contribution in [0, 0.1) is 18.2 Å². The Kier molecular flexibility index (Phi) is 4.43. The van der Waals surface area contributed by atoms with Gasteiger partial charge in [-0.25, -0.2) is 9.37 Å². The number of amides is 1. The summed E-state index contributed by atoms with van der Waals surface area (Å²) in [7, 11) is 3.62. The molecule has 3 rings (SSSR count). The van der Waals surface area contributed by atoms with Crippen molar-refractivity contribution in [3.05, 3.63) is 35.8 Å². The van der Waals surface area contributed by atoms with Crippen LogP contribution in [0.15, 0.2) is 24.3 Å². The largest absolute Gasteiger partial charge is 0.383 e. The molecule has 4 nitrogen and oxygen atoms in total. The Morgan fingerprint density at radius 3 is 2.71 bits per heavy atom. The van der Waals surface area contributed by atoms with E-state index in [1.54, 1.807) is 11.0 Å². The Morgan fingerprint density at radius 2 is 2.04 bits per heavy atom. The second-order valence-corrected chi connectivity index (χ2v) is 6.99. The monoisotopic (exact) mass is 329 g/mol. The van der Waals surface area contributed by atoms with Gasteiger partial charge in [-0.1, -0.05) is 25.0 Å². The van der Waals surface area contributed by atoms with E-state index in [0.29, 0.717) is 12.1 Å². The van der Waals surface area contributed by atoms with Crippen molar-refractivity contribution in [2.45, 2.75) is 32.6 Å². The number of para-hydroxylation sites is 1. The molecule has 128 valence electrons. The van der Waals surface area contributed by atoms with Crippen molar-refractivity contribution in [2.24, 2.45) is 5.41 Å². The number of fused-ring (bicyclic) bond motifs is 1. The summed E-state index contributed by atoms with van der Waals surface area (Å²) in [5.41, 5.74) is 1.61. The van der Waals surface area contributed by atoms with Crippen LogP contribution in [0.3, 0.4) is 0 Å². The fraction of sp³-hybridized carbons (Fsp3) is 0.474. The number of pyridine rings is 1. The first kappa shape index (κ1) is 16.7. The molecule has 0 atom stereocenters. The zero-order valence-electron chi connectivity index (χ0n) is 14.5. The van der Waals surface area contributed by atoms with Gasteiger partial charge in [0.1, 0.15) is 11.3 Å². The third kappa shape index (κ3) is 2.95. The summed E-state index contributed by atoms with van der Waals surface area (Å²) in [6.07, 6.45) is 3.94. The number of aryl methyl sites for hydroxylation is 1. The number of carbonyl (C=O) groups is 1. The number of hydrogen-bond acceptors (Lipinski definition) is 3. The van der Waals surface area contributed by atoms with E-state index in [1.165, 1.54) is 6.07 Å². The van der Waals surface area contributed by atoms with Gasteiger partial charge in [-0.05, 0) is 31.9 Å². The summed E-state index contributed by atoms with van der Waals surface area (Å²) < 4.78 is 14.0. The molecule has 0 unspecified atom stereocenters. The fourth-order valence-corrected chi connectivity index (χ4v) is 3.74. The van der Waals surface area contributed by atoms with Gasteiger partial charge in [0.2, 0.25) is 5.91 Å². The van der Waals surface area contributed by atoms with Crippen molar-refractivity contribution in [3.8, 4) is 0 Å². The number of nitrogens with zero attached hydrogens (tertiary/aromatic N) is 2. The summed E-state index contributed by atoms with van der Waals surface area (Å²) in [5, 5.41) is 4.18. The lowest BCUT2D eigenvalue weighted by molar-refractivity contribution is -0.138. The molecule has 0 saturated heterocycles. The Bertz CT molecular complexity index is 767. The third-order valence-corrected chi connectivity index (χ3v) is 4.96. The first-order valence-electron chi connectivity index (χ1n) is 8.44. The minimum Gasteiger partial charge on any atom is -0.383 e. The van der Waals surface area contributed by atoms with E-state index in [0.717, 1.165) is 42.5 Å². The summed E-state index contributed by atoms with van der Waals surface area (Å²) in [5.74, 6) is -0.145. The molecule has 0 spiro atoms. The SMILES string of the molecule is Cc1cc(NCC2(C(=O)N(C)C)CCCC2)c2cccc(F)c2n1. The highest BCUT2D eigenvalue weighted by Gasteiger charge is 2.41. The van der Waals surface area contributed by atoms with Gasteiger partial charge in [0.05, 0.1) is 5.41 Å². The van der Waals surface area contributed by atoms with Gasteiger partial charge in [-0.2, -0.15) is 0 Å². The molecule has 1 aliphatic rings. The van der Waals surface area contributed by atoms with Gasteiger partial charge >= 0.3 is 0 Å². The number of aromatic nitrogens is 1. The van der Waals surface area contributed by atoms with E-state index in [4.69, 9.17) is 0 Å². The lowest BCUT2D eigenvalue weighted by Crippen LogP contribution is -2.43. The molecule has 2 aromatic rings. The highest BCUT2D eigenvalue weighted by molar-refractivity contribution is 5.92. The standard InChI is InChI=1S/C19H24FN3O/c1-13-11-16(14-7-6-8-15(20)17(14)22-13)21-12-19(9-4-5-10-19)18(24)23(2)3/h6-8,11H,4-5,9-10,12H2,1-3H3,(H,21,22). The third-order valence-electron chi connectivity index (χ3n) is 4.96. The van der Waals surface area contributed by atoms with Crippen molar-refractivity contribution >= 4 is 22.5 Å². The maximum absolute atomic E-state index is 14.0. The van der Waals surface area contributed by atoms with Crippen LogP contribution in [0.2, 0.25) is 0 Å². The fourth-order valence-electron chi connectivity index (χ4n) is 3.74. The van der Waals surface area contributed by atoms with Crippen LogP contribution in [0.5, 0.6) is 0 Å². The van der Waals surface area contributed by atoms with Crippen molar-refractivity contribution in [1.29, 1.82) is 0 Å². The molecule has 1 N–H and O–H groups in total. The topological polar surface area (TPSA) is 45.2 Å². The van der Waals surface area contributed by atoms with Crippen LogP contribution >= 0.6 is 0 Å². The number of halogens is 1. The number of carbonyl (C=O) groups excluding carboxylic acids is 1. The van der Waals surface area contributed by atoms with E-state index in [9.17, 15) is 9.18 Å². The molecule has 1 aromatic carbocycles. The molecule has 1 saturated carbocycles. The number of anilines is 1. The maximum Gasteiger partial charge on any atom is 0.230 e. The molecular weight excluding hydrogens is 305 g/mol. The highest BCUT2D eigenvalue weighted by atomic mass is 19.1. The minimum atomic E-state index is -0.361. The molecule has 1 aliphatic carbocycles. The Balaban J connectivity index is 1.92. The zero-order chi connectivity index (χ0) is 17.3. The van der Waals surface area contributed by atoms with Crippen molar-refractivity contribution in [2.75, 3.05) is 26.0 Å². The first-order valence-corrected chi connectivity index (χ1v) is 8.44. The van der Waals surface area contributed by atoms with E-state index in [1.807, 2.05) is 33.2 Å². The number of rotatable bonds is 4. The van der Waals surface area contributed by atoms with Crippen LogP contribution < -0.4 is 5.32 Å². The van der Waals surface area contributed by atoms with Crippen LogP contribution in [0.4, 0.5) is 10.1 Å². The van der Waals surface area contributed by atoms with E-state index in [2.05, 4.69) is 10.3 Å². The van der Waals surface area contributed by atoms with E-state index >= 15 is 0 Å². The maximum atomic E-state index is 14.0. The minimum absolute atomic E-state index is 0.175.